The Balaban J connectivity index is 1.62. The predicted molar refractivity (Wildman–Crippen MR) is 95.0 cm³/mol. The van der Waals surface area contributed by atoms with Crippen LogP contribution in [0.5, 0.6) is 0 Å². The van der Waals surface area contributed by atoms with E-state index in [-0.39, 0.29) is 11.7 Å². The zero-order valence-corrected chi connectivity index (χ0v) is 14.4. The number of hydrogen-bond acceptors (Lipinski definition) is 5. The third kappa shape index (κ3) is 3.93. The number of carbonyl (C=O) groups excluding carboxylic acids is 1. The van der Waals surface area contributed by atoms with Gasteiger partial charge in [0.15, 0.2) is 11.0 Å². The molecule has 0 fully saturated rings. The molecule has 0 aliphatic rings. The molecule has 24 heavy (non-hydrogen) atoms. The number of nitrogens with zero attached hydrogens (tertiary/aromatic N) is 4. The minimum absolute atomic E-state index is 0.168. The first kappa shape index (κ1) is 16.5. The fourth-order valence-corrected chi connectivity index (χ4v) is 2.86. The van der Waals surface area contributed by atoms with Crippen molar-refractivity contribution in [2.75, 3.05) is 11.1 Å². The molecule has 0 saturated carbocycles. The molecule has 0 aliphatic heterocycles. The number of benzene rings is 1. The summed E-state index contributed by atoms with van der Waals surface area (Å²) in [5.41, 5.74) is 0.981. The van der Waals surface area contributed by atoms with Crippen LogP contribution in [-0.4, -0.2) is 31.4 Å². The third-order valence-corrected chi connectivity index (χ3v) is 4.44. The smallest absolute Gasteiger partial charge is 0.236 e. The zero-order valence-electron chi connectivity index (χ0n) is 12.8. The van der Waals surface area contributed by atoms with E-state index in [1.54, 1.807) is 12.1 Å². The molecule has 6 nitrogen and oxygen atoms in total. The molecule has 122 valence electrons. The summed E-state index contributed by atoms with van der Waals surface area (Å²) >= 11 is 7.08. The Morgan fingerprint density at radius 2 is 2.00 bits per heavy atom. The second-order valence-corrected chi connectivity index (χ2v) is 6.31. The molecule has 2 heterocycles. The van der Waals surface area contributed by atoms with Crippen molar-refractivity contribution >= 4 is 35.1 Å². The lowest BCUT2D eigenvalue weighted by Crippen LogP contribution is -2.15. The Bertz CT molecular complexity index is 835. The van der Waals surface area contributed by atoms with E-state index in [0.29, 0.717) is 16.0 Å². The highest BCUT2D eigenvalue weighted by Crippen LogP contribution is 2.22. The van der Waals surface area contributed by atoms with Crippen LogP contribution in [0, 0.1) is 0 Å². The second-order valence-electron chi connectivity index (χ2n) is 4.93. The van der Waals surface area contributed by atoms with Gasteiger partial charge >= 0.3 is 0 Å². The van der Waals surface area contributed by atoms with Crippen molar-refractivity contribution in [1.29, 1.82) is 0 Å². The number of aromatic nitrogens is 4. The maximum atomic E-state index is 12.0. The molecule has 1 N–H and O–H groups in total. The lowest BCUT2D eigenvalue weighted by atomic mass is 10.2. The highest BCUT2D eigenvalue weighted by molar-refractivity contribution is 7.99. The molecule has 0 saturated heterocycles. The number of amides is 1. The second kappa shape index (κ2) is 7.46. The van der Waals surface area contributed by atoms with Gasteiger partial charge in [0, 0.05) is 18.8 Å². The van der Waals surface area contributed by atoms with Crippen LogP contribution < -0.4 is 5.32 Å². The van der Waals surface area contributed by atoms with Crippen molar-refractivity contribution in [1.82, 2.24) is 19.7 Å². The number of rotatable bonds is 5. The molecule has 0 aliphatic carbocycles. The summed E-state index contributed by atoms with van der Waals surface area (Å²) in [6.07, 6.45) is 1.49. The summed E-state index contributed by atoms with van der Waals surface area (Å²) in [6.45, 7) is 0. The largest absolute Gasteiger partial charge is 0.310 e. The van der Waals surface area contributed by atoms with Gasteiger partial charge in [0.05, 0.1) is 10.8 Å². The van der Waals surface area contributed by atoms with Gasteiger partial charge in [-0.05, 0) is 12.1 Å². The number of anilines is 1. The number of halogens is 1. The van der Waals surface area contributed by atoms with Crippen LogP contribution >= 0.6 is 23.4 Å². The molecule has 0 radical (unpaired) electrons. The number of pyridine rings is 1. The van der Waals surface area contributed by atoms with E-state index in [1.807, 2.05) is 41.9 Å². The molecule has 3 rings (SSSR count). The average Bonchev–Trinajstić information content (AvgIpc) is 2.97. The molecule has 3 aromatic rings. The summed E-state index contributed by atoms with van der Waals surface area (Å²) in [7, 11) is 1.88. The summed E-state index contributed by atoms with van der Waals surface area (Å²) < 4.78 is 1.87. The van der Waals surface area contributed by atoms with Crippen LogP contribution in [0.1, 0.15) is 0 Å². The molecular weight excluding hydrogens is 346 g/mol. The van der Waals surface area contributed by atoms with E-state index in [2.05, 4.69) is 20.5 Å². The standard InChI is InChI=1S/C16H14ClN5OS/c1-22-15(11-5-3-2-4-6-11)20-21-16(22)24-10-14(23)19-13-8-7-12(17)9-18-13/h2-9H,10H2,1H3,(H,18,19,23). The van der Waals surface area contributed by atoms with Gasteiger partial charge in [0.1, 0.15) is 5.82 Å². The van der Waals surface area contributed by atoms with Gasteiger partial charge in [-0.15, -0.1) is 10.2 Å². The number of carbonyl (C=O) groups is 1. The molecule has 0 spiro atoms. The number of nitrogens with one attached hydrogen (secondary N) is 1. The third-order valence-electron chi connectivity index (χ3n) is 3.19. The lowest BCUT2D eigenvalue weighted by molar-refractivity contribution is -0.113. The minimum atomic E-state index is -0.168. The van der Waals surface area contributed by atoms with Crippen LogP contribution in [0.25, 0.3) is 11.4 Å². The van der Waals surface area contributed by atoms with Gasteiger partial charge in [-0.1, -0.05) is 53.7 Å². The first-order valence-corrected chi connectivity index (χ1v) is 8.49. The maximum Gasteiger partial charge on any atom is 0.236 e. The van der Waals surface area contributed by atoms with Crippen LogP contribution in [0.4, 0.5) is 5.82 Å². The van der Waals surface area contributed by atoms with Crippen molar-refractivity contribution in [2.24, 2.45) is 7.05 Å². The van der Waals surface area contributed by atoms with E-state index in [1.165, 1.54) is 18.0 Å². The molecule has 0 atom stereocenters. The van der Waals surface area contributed by atoms with Crippen LogP contribution in [0.2, 0.25) is 5.02 Å². The van der Waals surface area contributed by atoms with Crippen molar-refractivity contribution in [3.8, 4) is 11.4 Å². The van der Waals surface area contributed by atoms with Crippen LogP contribution in [0.15, 0.2) is 53.8 Å². The van der Waals surface area contributed by atoms with E-state index in [0.717, 1.165) is 11.4 Å². The number of hydrogen-bond donors (Lipinski definition) is 1. The van der Waals surface area contributed by atoms with Crippen LogP contribution in [-0.2, 0) is 11.8 Å². The molecule has 2 aromatic heterocycles. The highest BCUT2D eigenvalue weighted by Gasteiger charge is 2.13. The first-order chi connectivity index (χ1) is 11.6. The van der Waals surface area contributed by atoms with Gasteiger partial charge in [-0.25, -0.2) is 4.98 Å². The SMILES string of the molecule is Cn1c(SCC(=O)Nc2ccc(Cl)cn2)nnc1-c1ccccc1. The van der Waals surface area contributed by atoms with Crippen molar-refractivity contribution in [3.63, 3.8) is 0 Å². The fraction of sp³-hybridized carbons (Fsp3) is 0.125. The predicted octanol–water partition coefficient (Wildman–Crippen LogP) is 3.26. The zero-order chi connectivity index (χ0) is 16.9. The van der Waals surface area contributed by atoms with E-state index in [9.17, 15) is 4.79 Å². The Morgan fingerprint density at radius 3 is 2.71 bits per heavy atom. The van der Waals surface area contributed by atoms with E-state index < -0.39 is 0 Å². The van der Waals surface area contributed by atoms with Gasteiger partial charge < -0.3 is 9.88 Å². The van der Waals surface area contributed by atoms with Crippen LogP contribution in [0.3, 0.4) is 0 Å². The Morgan fingerprint density at radius 1 is 1.21 bits per heavy atom. The van der Waals surface area contributed by atoms with E-state index >= 15 is 0 Å². The van der Waals surface area contributed by atoms with Gasteiger partial charge in [-0.3, -0.25) is 4.79 Å². The first-order valence-electron chi connectivity index (χ1n) is 7.12. The van der Waals surface area contributed by atoms with Gasteiger partial charge in [-0.2, -0.15) is 0 Å². The molecule has 1 amide bonds. The van der Waals surface area contributed by atoms with Gasteiger partial charge in [0.25, 0.3) is 0 Å². The maximum absolute atomic E-state index is 12.0. The quantitative estimate of drug-likeness (QED) is 0.708. The average molecular weight is 360 g/mol. The summed E-state index contributed by atoms with van der Waals surface area (Å²) in [6, 6.07) is 13.1. The Labute approximate surface area is 148 Å². The fourth-order valence-electron chi connectivity index (χ4n) is 2.04. The molecule has 0 bridgehead atoms. The molecule has 1 aromatic carbocycles. The van der Waals surface area contributed by atoms with Crippen molar-refractivity contribution in [2.45, 2.75) is 5.16 Å². The van der Waals surface area contributed by atoms with Crippen molar-refractivity contribution < 1.29 is 4.79 Å². The molecular formula is C16H14ClN5OS. The Kier molecular flexibility index (Phi) is 5.12. The number of thioether (sulfide) groups is 1. The van der Waals surface area contributed by atoms with E-state index in [4.69, 9.17) is 11.6 Å². The lowest BCUT2D eigenvalue weighted by Gasteiger charge is -2.05. The topological polar surface area (TPSA) is 72.7 Å². The summed E-state index contributed by atoms with van der Waals surface area (Å²) in [5.74, 6) is 1.27. The highest BCUT2D eigenvalue weighted by atomic mass is 35.5. The minimum Gasteiger partial charge on any atom is -0.310 e. The molecule has 0 unspecified atom stereocenters. The molecule has 8 heteroatoms. The Hall–Kier alpha value is -2.38. The van der Waals surface area contributed by atoms with Gasteiger partial charge in [0.2, 0.25) is 5.91 Å². The summed E-state index contributed by atoms with van der Waals surface area (Å²) in [4.78, 5) is 16.0. The summed E-state index contributed by atoms with van der Waals surface area (Å²) in [5, 5.41) is 12.2. The van der Waals surface area contributed by atoms with Crippen molar-refractivity contribution in [3.05, 3.63) is 53.7 Å². The monoisotopic (exact) mass is 359 g/mol. The normalized spacial score (nSPS) is 10.6.